The van der Waals surface area contributed by atoms with Crippen LogP contribution >= 0.6 is 0 Å². The van der Waals surface area contributed by atoms with E-state index in [0.29, 0.717) is 25.5 Å². The number of hydrogen-bond donors (Lipinski definition) is 1. The summed E-state index contributed by atoms with van der Waals surface area (Å²) in [7, 11) is 0. The van der Waals surface area contributed by atoms with E-state index in [2.05, 4.69) is 11.8 Å². The number of hydrogen-bond acceptors (Lipinski definition) is 3. The molecule has 2 atom stereocenters. The third-order valence-corrected chi connectivity index (χ3v) is 5.13. The van der Waals surface area contributed by atoms with E-state index in [1.54, 1.807) is 0 Å². The van der Waals surface area contributed by atoms with Crippen molar-refractivity contribution in [3.05, 3.63) is 0 Å². The van der Waals surface area contributed by atoms with Crippen LogP contribution in [0, 0.1) is 5.41 Å². The van der Waals surface area contributed by atoms with Crippen molar-refractivity contribution in [2.45, 2.75) is 70.9 Å². The zero-order valence-electron chi connectivity index (χ0n) is 13.1. The van der Waals surface area contributed by atoms with E-state index in [1.165, 1.54) is 19.3 Å². The van der Waals surface area contributed by atoms with Crippen molar-refractivity contribution in [1.82, 2.24) is 4.90 Å². The number of carbonyl (C=O) groups is 1. The summed E-state index contributed by atoms with van der Waals surface area (Å²) in [6.45, 7) is 6.24. The lowest BCUT2D eigenvalue weighted by Crippen LogP contribution is -2.52. The van der Waals surface area contributed by atoms with Crippen LogP contribution in [-0.4, -0.2) is 42.6 Å². The highest BCUT2D eigenvalue weighted by molar-refractivity contribution is 5.77. The molecule has 1 aliphatic carbocycles. The molecule has 1 amide bonds. The summed E-state index contributed by atoms with van der Waals surface area (Å²) in [5, 5.41) is 0. The first-order valence-electron chi connectivity index (χ1n) is 8.21. The van der Waals surface area contributed by atoms with Gasteiger partial charge in [-0.3, -0.25) is 4.79 Å². The smallest absolute Gasteiger partial charge is 0.223 e. The standard InChI is InChI=1S/C16H30N2O2/c1-3-14-11-20-13(2)10-18(14)15(19)9-16(12-17)7-5-4-6-8-16/h13-14H,3-12,17H2,1-2H3. The summed E-state index contributed by atoms with van der Waals surface area (Å²) in [6.07, 6.45) is 7.73. The van der Waals surface area contributed by atoms with Gasteiger partial charge in [-0.2, -0.15) is 0 Å². The van der Waals surface area contributed by atoms with Crippen LogP contribution in [0.3, 0.4) is 0 Å². The first-order valence-corrected chi connectivity index (χ1v) is 8.21. The Morgan fingerprint density at radius 2 is 2.05 bits per heavy atom. The highest BCUT2D eigenvalue weighted by Gasteiger charge is 2.37. The number of amides is 1. The van der Waals surface area contributed by atoms with Crippen molar-refractivity contribution in [3.8, 4) is 0 Å². The molecule has 116 valence electrons. The monoisotopic (exact) mass is 282 g/mol. The van der Waals surface area contributed by atoms with Crippen molar-refractivity contribution in [2.75, 3.05) is 19.7 Å². The maximum Gasteiger partial charge on any atom is 0.223 e. The van der Waals surface area contributed by atoms with Gasteiger partial charge in [0.1, 0.15) is 0 Å². The highest BCUT2D eigenvalue weighted by Crippen LogP contribution is 2.39. The van der Waals surface area contributed by atoms with E-state index in [1.807, 2.05) is 6.92 Å². The average molecular weight is 282 g/mol. The van der Waals surface area contributed by atoms with Crippen LogP contribution in [0.15, 0.2) is 0 Å². The molecule has 0 aromatic heterocycles. The van der Waals surface area contributed by atoms with Gasteiger partial charge in [0.05, 0.1) is 18.8 Å². The van der Waals surface area contributed by atoms with Crippen molar-refractivity contribution in [3.63, 3.8) is 0 Å². The number of morpholine rings is 1. The number of nitrogens with two attached hydrogens (primary N) is 1. The average Bonchev–Trinajstić information content (AvgIpc) is 2.48. The van der Waals surface area contributed by atoms with Gasteiger partial charge in [-0.15, -0.1) is 0 Å². The molecule has 2 unspecified atom stereocenters. The zero-order chi connectivity index (χ0) is 14.6. The number of carbonyl (C=O) groups excluding carboxylic acids is 1. The molecule has 2 N–H and O–H groups in total. The number of ether oxygens (including phenoxy) is 1. The van der Waals surface area contributed by atoms with Crippen LogP contribution in [0.5, 0.6) is 0 Å². The molecular formula is C16H30N2O2. The molecule has 20 heavy (non-hydrogen) atoms. The molecule has 0 aromatic carbocycles. The molecule has 4 nitrogen and oxygen atoms in total. The maximum absolute atomic E-state index is 12.8. The van der Waals surface area contributed by atoms with Gasteiger partial charge >= 0.3 is 0 Å². The van der Waals surface area contributed by atoms with Crippen molar-refractivity contribution >= 4 is 5.91 Å². The van der Waals surface area contributed by atoms with Crippen LogP contribution in [0.4, 0.5) is 0 Å². The minimum atomic E-state index is 0.0646. The molecule has 2 fully saturated rings. The molecule has 0 bridgehead atoms. The Hall–Kier alpha value is -0.610. The molecule has 4 heteroatoms. The first-order chi connectivity index (χ1) is 9.60. The van der Waals surface area contributed by atoms with Gasteiger partial charge in [-0.25, -0.2) is 0 Å². The molecular weight excluding hydrogens is 252 g/mol. The van der Waals surface area contributed by atoms with Crippen LogP contribution in [-0.2, 0) is 9.53 Å². The molecule has 2 rings (SSSR count). The Morgan fingerprint density at radius 3 is 2.65 bits per heavy atom. The predicted octanol–water partition coefficient (Wildman–Crippen LogP) is 2.31. The van der Waals surface area contributed by atoms with Crippen molar-refractivity contribution in [2.24, 2.45) is 11.1 Å². The summed E-state index contributed by atoms with van der Waals surface area (Å²) in [4.78, 5) is 14.8. The zero-order valence-corrected chi connectivity index (χ0v) is 13.1. The van der Waals surface area contributed by atoms with E-state index in [9.17, 15) is 4.79 Å². The highest BCUT2D eigenvalue weighted by atomic mass is 16.5. The quantitative estimate of drug-likeness (QED) is 0.861. The van der Waals surface area contributed by atoms with E-state index >= 15 is 0 Å². The lowest BCUT2D eigenvalue weighted by atomic mass is 9.71. The molecule has 0 aromatic rings. The van der Waals surface area contributed by atoms with Gasteiger partial charge in [-0.1, -0.05) is 26.2 Å². The summed E-state index contributed by atoms with van der Waals surface area (Å²) >= 11 is 0. The minimum Gasteiger partial charge on any atom is -0.375 e. The van der Waals surface area contributed by atoms with Crippen LogP contribution < -0.4 is 5.73 Å². The van der Waals surface area contributed by atoms with Gasteiger partial charge in [0.2, 0.25) is 5.91 Å². The van der Waals surface area contributed by atoms with Crippen LogP contribution in [0.1, 0.15) is 58.8 Å². The number of rotatable bonds is 4. The largest absolute Gasteiger partial charge is 0.375 e. The van der Waals surface area contributed by atoms with Gasteiger partial charge in [0.25, 0.3) is 0 Å². The van der Waals surface area contributed by atoms with Crippen LogP contribution in [0.25, 0.3) is 0 Å². The Balaban J connectivity index is 2.01. The normalized spacial score (nSPS) is 30.2. The Bertz CT molecular complexity index is 326. The van der Waals surface area contributed by atoms with Gasteiger partial charge in [0, 0.05) is 13.0 Å². The second-order valence-corrected chi connectivity index (χ2v) is 6.69. The second kappa shape index (κ2) is 6.90. The lowest BCUT2D eigenvalue weighted by molar-refractivity contribution is -0.147. The van der Waals surface area contributed by atoms with E-state index in [4.69, 9.17) is 10.5 Å². The topological polar surface area (TPSA) is 55.6 Å². The third kappa shape index (κ3) is 3.53. The predicted molar refractivity (Wildman–Crippen MR) is 80.4 cm³/mol. The third-order valence-electron chi connectivity index (χ3n) is 5.13. The molecule has 0 radical (unpaired) electrons. The SMILES string of the molecule is CCC1COC(C)CN1C(=O)CC1(CN)CCCCC1. The molecule has 0 spiro atoms. The Labute approximate surface area is 123 Å². The van der Waals surface area contributed by atoms with E-state index in [-0.39, 0.29) is 17.6 Å². The van der Waals surface area contributed by atoms with Crippen LogP contribution in [0.2, 0.25) is 0 Å². The van der Waals surface area contributed by atoms with Gasteiger partial charge in [-0.05, 0) is 38.1 Å². The fourth-order valence-electron chi connectivity index (χ4n) is 3.66. The Kier molecular flexibility index (Phi) is 5.44. The minimum absolute atomic E-state index is 0.0646. The van der Waals surface area contributed by atoms with E-state index < -0.39 is 0 Å². The summed E-state index contributed by atoms with van der Waals surface area (Å²) in [6, 6.07) is 0.247. The molecule has 1 saturated heterocycles. The van der Waals surface area contributed by atoms with Crippen molar-refractivity contribution < 1.29 is 9.53 Å². The van der Waals surface area contributed by atoms with E-state index in [0.717, 1.165) is 25.8 Å². The summed E-state index contributed by atoms with van der Waals surface area (Å²) < 4.78 is 5.68. The fraction of sp³-hybridized carbons (Fsp3) is 0.938. The lowest BCUT2D eigenvalue weighted by Gasteiger charge is -2.42. The summed E-state index contributed by atoms with van der Waals surface area (Å²) in [5.41, 5.74) is 6.08. The number of nitrogens with zero attached hydrogens (tertiary/aromatic N) is 1. The van der Waals surface area contributed by atoms with Gasteiger partial charge < -0.3 is 15.4 Å². The molecule has 2 aliphatic rings. The Morgan fingerprint density at radius 1 is 1.35 bits per heavy atom. The van der Waals surface area contributed by atoms with Crippen molar-refractivity contribution in [1.29, 1.82) is 0 Å². The molecule has 1 heterocycles. The molecule has 1 aliphatic heterocycles. The summed E-state index contributed by atoms with van der Waals surface area (Å²) in [5.74, 6) is 0.291. The fourth-order valence-corrected chi connectivity index (χ4v) is 3.66. The maximum atomic E-state index is 12.8. The molecule has 1 saturated carbocycles. The first kappa shape index (κ1) is 15.8. The second-order valence-electron chi connectivity index (χ2n) is 6.69. The van der Waals surface area contributed by atoms with Gasteiger partial charge in [0.15, 0.2) is 0 Å².